The van der Waals surface area contributed by atoms with Crippen LogP contribution in [0.1, 0.15) is 65.2 Å². The average Bonchev–Trinajstić information content (AvgIpc) is 3.43. The lowest BCUT2D eigenvalue weighted by molar-refractivity contribution is -0.122. The number of rotatable bonds is 6. The number of thioether (sulfide) groups is 1. The molecule has 2 aliphatic rings. The molecule has 2 heterocycles. The maximum Gasteiger partial charge on any atom is 0.271 e. The van der Waals surface area contributed by atoms with Gasteiger partial charge in [-0.15, -0.1) is 0 Å². The van der Waals surface area contributed by atoms with E-state index in [0.717, 1.165) is 24.6 Å². The second kappa shape index (κ2) is 10.1. The third kappa shape index (κ3) is 4.79. The highest BCUT2D eigenvalue weighted by Gasteiger charge is 2.33. The molecule has 1 N–H and O–H groups in total. The van der Waals surface area contributed by atoms with E-state index >= 15 is 0 Å². The van der Waals surface area contributed by atoms with Gasteiger partial charge in [-0.2, -0.15) is 5.26 Å². The molecule has 1 aromatic heterocycles. The van der Waals surface area contributed by atoms with E-state index in [-0.39, 0.29) is 51.7 Å². The summed E-state index contributed by atoms with van der Waals surface area (Å²) in [4.78, 5) is 40.5. The number of pyridine rings is 1. The van der Waals surface area contributed by atoms with Gasteiger partial charge in [0.2, 0.25) is 5.88 Å². The van der Waals surface area contributed by atoms with E-state index in [9.17, 15) is 29.1 Å². The highest BCUT2D eigenvalue weighted by Crippen LogP contribution is 2.35. The molecule has 4 rings (SSSR count). The van der Waals surface area contributed by atoms with Crippen LogP contribution in [0.25, 0.3) is 6.08 Å². The molecule has 0 radical (unpaired) electrons. The van der Waals surface area contributed by atoms with Crippen LogP contribution in [0, 0.1) is 24.1 Å². The molecule has 10 heteroatoms. The van der Waals surface area contributed by atoms with E-state index in [1.54, 1.807) is 18.2 Å². The van der Waals surface area contributed by atoms with Gasteiger partial charge in [0, 0.05) is 19.0 Å². The first-order chi connectivity index (χ1) is 16.7. The second-order valence-electron chi connectivity index (χ2n) is 8.48. The molecule has 1 aliphatic heterocycles. The van der Waals surface area contributed by atoms with Crippen LogP contribution in [0.2, 0.25) is 0 Å². The molecule has 2 fully saturated rings. The fourth-order valence-electron chi connectivity index (χ4n) is 4.50. The molecule has 2 aromatic rings. The van der Waals surface area contributed by atoms with Gasteiger partial charge in [0.25, 0.3) is 11.5 Å². The molecule has 1 aromatic carbocycles. The number of ketones is 1. The maximum absolute atomic E-state index is 13.2. The first kappa shape index (κ1) is 24.8. The smallest absolute Gasteiger partial charge is 0.271 e. The van der Waals surface area contributed by atoms with Crippen LogP contribution in [-0.4, -0.2) is 37.1 Å². The Morgan fingerprint density at radius 1 is 1.29 bits per heavy atom. The molecule has 7 nitrogen and oxygen atoms in total. The number of nitrogens with zero attached hydrogens (tertiary/aromatic N) is 3. The molecular formula is C25H22FN3O4S2. The molecule has 1 saturated heterocycles. The highest BCUT2D eigenvalue weighted by atomic mass is 32.2. The second-order valence-corrected chi connectivity index (χ2v) is 10.2. The quantitative estimate of drug-likeness (QED) is 0.347. The molecule has 1 aliphatic carbocycles. The molecule has 1 amide bonds. The monoisotopic (exact) mass is 511 g/mol. The summed E-state index contributed by atoms with van der Waals surface area (Å²) in [5.41, 5.74) is -0.0439. The van der Waals surface area contributed by atoms with Gasteiger partial charge < -0.3 is 5.11 Å². The fraction of sp³-hybridized carbons (Fsp3) is 0.320. The van der Waals surface area contributed by atoms with Gasteiger partial charge in [0.15, 0.2) is 5.78 Å². The van der Waals surface area contributed by atoms with Gasteiger partial charge in [0.1, 0.15) is 21.8 Å². The molecule has 35 heavy (non-hydrogen) atoms. The molecule has 0 unspecified atom stereocenters. The Morgan fingerprint density at radius 3 is 2.57 bits per heavy atom. The zero-order valence-electron chi connectivity index (χ0n) is 18.9. The van der Waals surface area contributed by atoms with Crippen LogP contribution in [0.15, 0.2) is 34.0 Å². The number of hydrogen-bond donors (Lipinski definition) is 1. The Bertz CT molecular complexity index is 1350. The van der Waals surface area contributed by atoms with Crippen molar-refractivity contribution < 1.29 is 19.1 Å². The summed E-state index contributed by atoms with van der Waals surface area (Å²) < 4.78 is 14.6. The minimum Gasteiger partial charge on any atom is -0.494 e. The van der Waals surface area contributed by atoms with Gasteiger partial charge >= 0.3 is 0 Å². The SMILES string of the molecule is Cc1c(C(=O)CCN2C(=O)/C(=C/c3ccc(F)cc3)SC2=S)c(O)n(C2CCCC2)c(=O)c1C#N. The van der Waals surface area contributed by atoms with Gasteiger partial charge in [0.05, 0.1) is 10.5 Å². The van der Waals surface area contributed by atoms with E-state index in [1.165, 1.54) is 28.5 Å². The lowest BCUT2D eigenvalue weighted by atomic mass is 9.99. The zero-order valence-corrected chi connectivity index (χ0v) is 20.5. The van der Waals surface area contributed by atoms with Crippen LogP contribution in [0.4, 0.5) is 4.39 Å². The number of aromatic hydroxyl groups is 1. The predicted octanol–water partition coefficient (Wildman–Crippen LogP) is 4.46. The minimum atomic E-state index is -0.589. The number of aromatic nitrogens is 1. The number of Topliss-reactive ketones (excluding diaryl/α,β-unsaturated/α-hetero) is 1. The molecule has 180 valence electrons. The standard InChI is InChI=1S/C25H22FN3O4S2/c1-14-18(13-27)22(31)29(17-4-2-3-5-17)24(33)21(14)19(30)10-11-28-23(32)20(35-25(28)34)12-15-6-8-16(26)9-7-15/h6-9,12,17,33H,2-5,10-11H2,1H3/b20-12-. The van der Waals surface area contributed by atoms with Crippen molar-refractivity contribution in [3.05, 3.63) is 67.6 Å². The van der Waals surface area contributed by atoms with Crippen molar-refractivity contribution in [2.24, 2.45) is 0 Å². The zero-order chi connectivity index (χ0) is 25.3. The van der Waals surface area contributed by atoms with Crippen molar-refractivity contribution in [2.75, 3.05) is 6.54 Å². The van der Waals surface area contributed by atoms with Crippen molar-refractivity contribution in [3.63, 3.8) is 0 Å². The fourth-order valence-corrected chi connectivity index (χ4v) is 5.81. The van der Waals surface area contributed by atoms with Crippen molar-refractivity contribution in [1.29, 1.82) is 5.26 Å². The minimum absolute atomic E-state index is 0.0203. The third-order valence-electron chi connectivity index (χ3n) is 6.32. The molecule has 0 atom stereocenters. The van der Waals surface area contributed by atoms with Crippen molar-refractivity contribution in [1.82, 2.24) is 9.47 Å². The number of amides is 1. The van der Waals surface area contributed by atoms with Gasteiger partial charge in [-0.3, -0.25) is 23.9 Å². The Morgan fingerprint density at radius 2 is 1.94 bits per heavy atom. The summed E-state index contributed by atoms with van der Waals surface area (Å²) in [7, 11) is 0. The number of benzene rings is 1. The number of carbonyl (C=O) groups is 2. The summed E-state index contributed by atoms with van der Waals surface area (Å²) in [6, 6.07) is 7.29. The van der Waals surface area contributed by atoms with Crippen LogP contribution in [0.5, 0.6) is 5.88 Å². The topological polar surface area (TPSA) is 103 Å². The number of carbonyl (C=O) groups excluding carboxylic acids is 2. The highest BCUT2D eigenvalue weighted by molar-refractivity contribution is 8.26. The number of nitriles is 1. The first-order valence-corrected chi connectivity index (χ1v) is 12.4. The maximum atomic E-state index is 13.2. The van der Waals surface area contributed by atoms with Gasteiger partial charge in [-0.1, -0.05) is 49.0 Å². The number of hydrogen-bond acceptors (Lipinski definition) is 7. The van der Waals surface area contributed by atoms with Crippen molar-refractivity contribution in [3.8, 4) is 11.9 Å². The Labute approximate surface area is 210 Å². The van der Waals surface area contributed by atoms with Gasteiger partial charge in [-0.25, -0.2) is 4.39 Å². The van der Waals surface area contributed by atoms with Crippen LogP contribution < -0.4 is 5.56 Å². The lowest BCUT2D eigenvalue weighted by Gasteiger charge is -2.20. The summed E-state index contributed by atoms with van der Waals surface area (Å²) in [6.07, 6.45) is 4.62. The number of thiocarbonyl (C=S) groups is 1. The van der Waals surface area contributed by atoms with Gasteiger partial charge in [-0.05, 0) is 49.1 Å². The van der Waals surface area contributed by atoms with E-state index < -0.39 is 17.2 Å². The van der Waals surface area contributed by atoms with Crippen molar-refractivity contribution in [2.45, 2.75) is 45.1 Å². The van der Waals surface area contributed by atoms with E-state index in [2.05, 4.69) is 0 Å². The lowest BCUT2D eigenvalue weighted by Crippen LogP contribution is -2.32. The Balaban J connectivity index is 1.57. The normalized spacial score (nSPS) is 17.4. The summed E-state index contributed by atoms with van der Waals surface area (Å²) >= 11 is 6.41. The van der Waals surface area contributed by atoms with E-state index in [1.807, 2.05) is 6.07 Å². The third-order valence-corrected chi connectivity index (χ3v) is 7.70. The average molecular weight is 512 g/mol. The van der Waals surface area contributed by atoms with E-state index in [4.69, 9.17) is 12.2 Å². The summed E-state index contributed by atoms with van der Waals surface area (Å²) in [5, 5.41) is 20.5. The van der Waals surface area contributed by atoms with Crippen LogP contribution >= 0.6 is 24.0 Å². The Hall–Kier alpha value is -3.29. The largest absolute Gasteiger partial charge is 0.494 e. The van der Waals surface area contributed by atoms with Crippen LogP contribution in [-0.2, 0) is 4.79 Å². The molecule has 0 bridgehead atoms. The van der Waals surface area contributed by atoms with Crippen LogP contribution in [0.3, 0.4) is 0 Å². The number of halogens is 1. The predicted molar refractivity (Wildman–Crippen MR) is 135 cm³/mol. The first-order valence-electron chi connectivity index (χ1n) is 11.1. The molecule has 0 spiro atoms. The van der Waals surface area contributed by atoms with Crippen molar-refractivity contribution >= 4 is 46.1 Å². The Kier molecular flexibility index (Phi) is 7.19. The van der Waals surface area contributed by atoms with E-state index in [0.29, 0.717) is 23.3 Å². The molecular weight excluding hydrogens is 489 g/mol. The summed E-state index contributed by atoms with van der Waals surface area (Å²) in [5.74, 6) is -1.66. The summed E-state index contributed by atoms with van der Waals surface area (Å²) in [6.45, 7) is 1.45. The molecule has 1 saturated carbocycles.